The molecule has 2 nitrogen and oxygen atoms in total. The van der Waals surface area contributed by atoms with E-state index in [9.17, 15) is 0 Å². The van der Waals surface area contributed by atoms with E-state index in [4.69, 9.17) is 4.74 Å². The third kappa shape index (κ3) is 2.55. The molecule has 120 valence electrons. The molecule has 1 aliphatic heterocycles. The van der Waals surface area contributed by atoms with E-state index < -0.39 is 0 Å². The van der Waals surface area contributed by atoms with Crippen molar-refractivity contribution in [3.05, 3.63) is 65.2 Å². The lowest BCUT2D eigenvalue weighted by Gasteiger charge is -2.32. The molecular weight excluding hydrogens is 282 g/mol. The van der Waals surface area contributed by atoms with Crippen molar-refractivity contribution in [2.24, 2.45) is 5.92 Å². The minimum Gasteiger partial charge on any atom is -0.496 e. The number of ether oxygens (including phenoxy) is 1. The SMILES string of the molecule is COc1cccc2c1CCC1[C@@H]2CN(C)[C@@H]1Cc1ccccc1. The Hall–Kier alpha value is -1.80. The van der Waals surface area contributed by atoms with Crippen LogP contribution >= 0.6 is 0 Å². The molecule has 0 aromatic heterocycles. The van der Waals surface area contributed by atoms with Crippen molar-refractivity contribution in [3.8, 4) is 5.75 Å². The van der Waals surface area contributed by atoms with Gasteiger partial charge in [0.2, 0.25) is 0 Å². The second-order valence-corrected chi connectivity index (χ2v) is 7.03. The molecule has 0 saturated carbocycles. The van der Waals surface area contributed by atoms with E-state index in [1.807, 2.05) is 0 Å². The van der Waals surface area contributed by atoms with Crippen LogP contribution in [0.3, 0.4) is 0 Å². The molecular formula is C21H25NO. The number of likely N-dealkylation sites (N-methyl/N-ethyl adjacent to an activating group) is 1. The van der Waals surface area contributed by atoms with Crippen molar-refractivity contribution in [2.45, 2.75) is 31.2 Å². The van der Waals surface area contributed by atoms with Gasteiger partial charge in [-0.2, -0.15) is 0 Å². The van der Waals surface area contributed by atoms with E-state index in [2.05, 4.69) is 60.5 Å². The van der Waals surface area contributed by atoms with Gasteiger partial charge >= 0.3 is 0 Å². The van der Waals surface area contributed by atoms with Crippen LogP contribution in [-0.4, -0.2) is 31.6 Å². The fraction of sp³-hybridized carbons (Fsp3) is 0.429. The predicted molar refractivity (Wildman–Crippen MR) is 94.1 cm³/mol. The minimum absolute atomic E-state index is 0.654. The number of benzene rings is 2. The van der Waals surface area contributed by atoms with Gasteiger partial charge in [-0.25, -0.2) is 0 Å². The Morgan fingerprint density at radius 1 is 1.09 bits per heavy atom. The maximum Gasteiger partial charge on any atom is 0.122 e. The molecule has 1 unspecified atom stereocenters. The maximum absolute atomic E-state index is 5.60. The quantitative estimate of drug-likeness (QED) is 0.853. The molecule has 1 fully saturated rings. The molecule has 2 heteroatoms. The van der Waals surface area contributed by atoms with Crippen LogP contribution in [0.1, 0.15) is 29.0 Å². The molecule has 1 heterocycles. The Bertz CT molecular complexity index is 681. The topological polar surface area (TPSA) is 12.5 Å². The summed E-state index contributed by atoms with van der Waals surface area (Å²) in [6.45, 7) is 1.17. The van der Waals surface area contributed by atoms with E-state index in [0.29, 0.717) is 12.0 Å². The Kier molecular flexibility index (Phi) is 3.86. The number of likely N-dealkylation sites (tertiary alicyclic amines) is 1. The van der Waals surface area contributed by atoms with Crippen molar-refractivity contribution in [3.63, 3.8) is 0 Å². The fourth-order valence-corrected chi connectivity index (χ4v) is 4.76. The summed E-state index contributed by atoms with van der Waals surface area (Å²) in [5.41, 5.74) is 4.44. The summed E-state index contributed by atoms with van der Waals surface area (Å²) in [5, 5.41) is 0. The van der Waals surface area contributed by atoms with E-state index >= 15 is 0 Å². The number of methoxy groups -OCH3 is 1. The fourth-order valence-electron chi connectivity index (χ4n) is 4.76. The monoisotopic (exact) mass is 307 g/mol. The zero-order valence-electron chi connectivity index (χ0n) is 14.0. The van der Waals surface area contributed by atoms with Gasteiger partial charge < -0.3 is 9.64 Å². The first kappa shape index (κ1) is 14.8. The summed E-state index contributed by atoms with van der Waals surface area (Å²) >= 11 is 0. The molecule has 0 bridgehead atoms. The van der Waals surface area contributed by atoms with Crippen LogP contribution in [0.4, 0.5) is 0 Å². The summed E-state index contributed by atoms with van der Waals surface area (Å²) in [7, 11) is 4.09. The summed E-state index contributed by atoms with van der Waals surface area (Å²) in [6.07, 6.45) is 3.59. The lowest BCUT2D eigenvalue weighted by Crippen LogP contribution is -2.32. The van der Waals surface area contributed by atoms with Crippen LogP contribution in [0.2, 0.25) is 0 Å². The highest BCUT2D eigenvalue weighted by molar-refractivity contribution is 5.45. The van der Waals surface area contributed by atoms with Crippen molar-refractivity contribution >= 4 is 0 Å². The van der Waals surface area contributed by atoms with E-state index in [0.717, 1.165) is 24.5 Å². The van der Waals surface area contributed by atoms with Gasteiger partial charge in [-0.05, 0) is 55.0 Å². The Morgan fingerprint density at radius 2 is 1.91 bits per heavy atom. The number of nitrogens with zero attached hydrogens (tertiary/aromatic N) is 1. The highest BCUT2D eigenvalue weighted by Gasteiger charge is 2.43. The smallest absolute Gasteiger partial charge is 0.122 e. The van der Waals surface area contributed by atoms with Crippen LogP contribution < -0.4 is 4.74 Å². The molecule has 0 N–H and O–H groups in total. The van der Waals surface area contributed by atoms with Crippen LogP contribution in [-0.2, 0) is 12.8 Å². The van der Waals surface area contributed by atoms with Crippen LogP contribution in [0.15, 0.2) is 48.5 Å². The van der Waals surface area contributed by atoms with Gasteiger partial charge in [0.25, 0.3) is 0 Å². The third-order valence-electron chi connectivity index (χ3n) is 5.87. The normalized spacial score (nSPS) is 26.6. The van der Waals surface area contributed by atoms with Gasteiger partial charge in [0, 0.05) is 18.5 Å². The maximum atomic E-state index is 5.60. The number of hydrogen-bond acceptors (Lipinski definition) is 2. The predicted octanol–water partition coefficient (Wildman–Crippen LogP) is 3.90. The average molecular weight is 307 g/mol. The largest absolute Gasteiger partial charge is 0.496 e. The van der Waals surface area contributed by atoms with Gasteiger partial charge in [0.05, 0.1) is 7.11 Å². The molecule has 0 radical (unpaired) electrons. The Labute approximate surface area is 139 Å². The number of fused-ring (bicyclic) bond motifs is 3. The minimum atomic E-state index is 0.654. The molecule has 2 aromatic carbocycles. The molecule has 4 rings (SSSR count). The summed E-state index contributed by atoms with van der Waals surface area (Å²) in [4.78, 5) is 2.58. The van der Waals surface area contributed by atoms with E-state index in [-0.39, 0.29) is 0 Å². The van der Waals surface area contributed by atoms with Crippen molar-refractivity contribution in [1.82, 2.24) is 4.90 Å². The van der Waals surface area contributed by atoms with E-state index in [1.165, 1.54) is 29.7 Å². The summed E-state index contributed by atoms with van der Waals surface area (Å²) in [6, 6.07) is 18.2. The lowest BCUT2D eigenvalue weighted by molar-refractivity contribution is 0.258. The molecule has 0 amide bonds. The highest BCUT2D eigenvalue weighted by atomic mass is 16.5. The number of hydrogen-bond donors (Lipinski definition) is 0. The highest BCUT2D eigenvalue weighted by Crippen LogP contribution is 2.47. The van der Waals surface area contributed by atoms with Crippen LogP contribution in [0, 0.1) is 5.92 Å². The first-order valence-corrected chi connectivity index (χ1v) is 8.68. The molecule has 1 saturated heterocycles. The standard InChI is InChI=1S/C21H25NO/c1-22-14-19-16-9-6-10-21(23-2)18(16)12-11-17(19)20(22)13-15-7-4-3-5-8-15/h3-10,17,19-20H,11-14H2,1-2H3/t17?,19-,20-/m1/s1. The van der Waals surface area contributed by atoms with E-state index in [1.54, 1.807) is 7.11 Å². The molecule has 3 atom stereocenters. The van der Waals surface area contributed by atoms with Gasteiger partial charge in [0.1, 0.15) is 5.75 Å². The summed E-state index contributed by atoms with van der Waals surface area (Å²) in [5.74, 6) is 2.50. The Balaban J connectivity index is 1.63. The zero-order chi connectivity index (χ0) is 15.8. The first-order valence-electron chi connectivity index (χ1n) is 8.68. The van der Waals surface area contributed by atoms with Gasteiger partial charge in [0.15, 0.2) is 0 Å². The second-order valence-electron chi connectivity index (χ2n) is 7.03. The third-order valence-corrected chi connectivity index (χ3v) is 5.87. The van der Waals surface area contributed by atoms with Crippen molar-refractivity contribution in [1.29, 1.82) is 0 Å². The van der Waals surface area contributed by atoms with Gasteiger partial charge in [-0.3, -0.25) is 0 Å². The van der Waals surface area contributed by atoms with Gasteiger partial charge in [-0.15, -0.1) is 0 Å². The summed E-state index contributed by atoms with van der Waals surface area (Å²) < 4.78 is 5.60. The number of rotatable bonds is 3. The van der Waals surface area contributed by atoms with Crippen molar-refractivity contribution < 1.29 is 4.74 Å². The molecule has 2 aliphatic rings. The average Bonchev–Trinajstić information content (AvgIpc) is 2.91. The van der Waals surface area contributed by atoms with Crippen molar-refractivity contribution in [2.75, 3.05) is 20.7 Å². The Morgan fingerprint density at radius 3 is 2.70 bits per heavy atom. The molecule has 1 aliphatic carbocycles. The zero-order valence-corrected chi connectivity index (χ0v) is 14.0. The molecule has 0 spiro atoms. The first-order chi connectivity index (χ1) is 11.3. The lowest BCUT2D eigenvalue weighted by atomic mass is 9.73. The second kappa shape index (κ2) is 6.01. The van der Waals surface area contributed by atoms with Crippen LogP contribution in [0.25, 0.3) is 0 Å². The van der Waals surface area contributed by atoms with Crippen LogP contribution in [0.5, 0.6) is 5.75 Å². The molecule has 2 aromatic rings. The molecule has 23 heavy (non-hydrogen) atoms. The van der Waals surface area contributed by atoms with Gasteiger partial charge in [-0.1, -0.05) is 42.5 Å².